The molecule has 0 spiro atoms. The number of carboxylic acid groups (broad SMARTS) is 6. The smallest absolute Gasteiger partial charge is 0.543 e. The summed E-state index contributed by atoms with van der Waals surface area (Å²) in [6, 6.07) is 44.6. The third kappa shape index (κ3) is 78.2. The number of aromatic carboxylic acids is 6. The maximum absolute atomic E-state index is 11.8. The van der Waals surface area contributed by atoms with Gasteiger partial charge in [0.2, 0.25) is 0 Å². The summed E-state index contributed by atoms with van der Waals surface area (Å²) in [5.41, 5.74) is 1.32. The molecule has 0 aliphatic heterocycles. The number of amides is 6. The van der Waals surface area contributed by atoms with Crippen LogP contribution in [0, 0.1) is 91.9 Å². The molecule has 12 aromatic rings. The van der Waals surface area contributed by atoms with E-state index in [9.17, 15) is 88.2 Å². The molecule has 68 nitrogen and oxygen atoms in total. The van der Waals surface area contributed by atoms with Gasteiger partial charge in [0.25, 0.3) is 35.4 Å². The normalized spacial score (nSPS) is 8.19. The van der Waals surface area contributed by atoms with E-state index in [1.54, 1.807) is 110 Å². The first-order valence-corrected chi connectivity index (χ1v) is 34.6. The molecule has 0 bridgehead atoms. The zero-order valence-electron chi connectivity index (χ0n) is 73.2. The molecule has 0 saturated heterocycles. The van der Waals surface area contributed by atoms with E-state index < -0.39 is 102 Å². The maximum atomic E-state index is 11.8. The van der Waals surface area contributed by atoms with Crippen LogP contribution in [0.15, 0.2) is 256 Å². The Kier molecular flexibility index (Phi) is 101. The van der Waals surface area contributed by atoms with Crippen LogP contribution < -0.4 is 62.5 Å². The molecule has 26 N–H and O–H groups in total. The van der Waals surface area contributed by atoms with Crippen molar-refractivity contribution in [3.63, 3.8) is 0 Å². The van der Waals surface area contributed by atoms with E-state index in [4.69, 9.17) is 102 Å². The molecule has 74 heteroatoms. The summed E-state index contributed by atoms with van der Waals surface area (Å²) in [7, 11) is 2.00. The molecule has 814 valence electrons. The number of anilines is 6. The van der Waals surface area contributed by atoms with Crippen molar-refractivity contribution >= 4 is 105 Å². The zero-order chi connectivity index (χ0) is 103. The SMILES string of the molecule is CO.CO.O=C([O-])c1cccc(C(=O)Nc2cccnc2)n1.O=C([O-])c1cccc(C(=O)Nc2cccnc2)n1.O=C([O-])c1cccc(C(=O)Nc2cccnc2)n1.O=C([O-])c1cccc(C(=O)Nc2cccnc2)n1.O=C([O-])c1cccc(C(=O)Nc2cccnc2)n1.O=C([O-])c1cccc(C(=O)Nc2cccnc2)n1.O=[N+]([O-])[O-].O=[N+]([O-])[O-].O=[N+]([O-])[O-].O=[N+]([O-])[O-].O=[N+]([O-])[O-].O=[N+]([O-])[O-].[Cu+2].[Cu+2].[Cu+2].[Cu+2].[Cu+2].[Cu+2].[OH3+].[OH3+].[OH3+].[OH3+].[OH3+].[OH3+]. The number of nitrogens with one attached hydrogen (secondary N) is 6. The van der Waals surface area contributed by atoms with E-state index in [2.05, 4.69) is 91.7 Å². The second kappa shape index (κ2) is 93.4. The summed E-state index contributed by atoms with van der Waals surface area (Å²) in [5, 5.41) is 181. The van der Waals surface area contributed by atoms with E-state index in [1.807, 2.05) is 0 Å². The van der Waals surface area contributed by atoms with Crippen molar-refractivity contribution in [1.29, 1.82) is 0 Å². The van der Waals surface area contributed by atoms with Gasteiger partial charge in [-0.05, 0) is 146 Å². The van der Waals surface area contributed by atoms with Crippen molar-refractivity contribution in [1.82, 2.24) is 59.8 Å². The average Bonchev–Trinajstić information content (AvgIpc) is 0.883. The quantitative estimate of drug-likeness (QED) is 0.0171. The Morgan fingerprint density at radius 3 is 0.372 bits per heavy atom. The number of carbonyl (C=O) groups excluding carboxylic acids is 12. The summed E-state index contributed by atoms with van der Waals surface area (Å²) >= 11 is 0. The van der Waals surface area contributed by atoms with E-state index in [0.717, 1.165) is 14.2 Å². The van der Waals surface area contributed by atoms with Crippen LogP contribution in [0.1, 0.15) is 126 Å². The van der Waals surface area contributed by atoms with Gasteiger partial charge in [0.1, 0.15) is 34.2 Å². The molecule has 148 heavy (non-hydrogen) atoms. The topological polar surface area (TPSA) is 1210 Å². The fourth-order valence-corrected chi connectivity index (χ4v) is 7.84. The van der Waals surface area contributed by atoms with E-state index in [0.29, 0.717) is 34.1 Å². The molecule has 0 atom stereocenters. The minimum Gasteiger partial charge on any atom is -0.543 e. The second-order valence-corrected chi connectivity index (χ2v) is 21.7. The predicted molar refractivity (Wildman–Crippen MR) is 472 cm³/mol. The molecule has 12 aromatic heterocycles. The number of carboxylic acids is 6. The van der Waals surface area contributed by atoms with Crippen molar-refractivity contribution < 1.29 is 264 Å². The maximum Gasteiger partial charge on any atom is 2.00 e. The summed E-state index contributed by atoms with van der Waals surface area (Å²) < 4.78 is 0. The van der Waals surface area contributed by atoms with Crippen LogP contribution in [0.5, 0.6) is 0 Å². The van der Waals surface area contributed by atoms with Gasteiger partial charge >= 0.3 is 102 Å². The van der Waals surface area contributed by atoms with Gasteiger partial charge in [0.05, 0.1) is 172 Å². The summed E-state index contributed by atoms with van der Waals surface area (Å²) in [4.78, 5) is 229. The van der Waals surface area contributed by atoms with Crippen molar-refractivity contribution in [2.24, 2.45) is 0 Å². The van der Waals surface area contributed by atoms with Gasteiger partial charge in [-0.2, -0.15) is 0 Å². The number of hydrogen-bond donors (Lipinski definition) is 8. The van der Waals surface area contributed by atoms with Crippen LogP contribution in [0.3, 0.4) is 0 Å². The van der Waals surface area contributed by atoms with Gasteiger partial charge in [-0.25, -0.2) is 29.9 Å². The van der Waals surface area contributed by atoms with Crippen molar-refractivity contribution in [3.8, 4) is 0 Å². The third-order valence-electron chi connectivity index (χ3n) is 12.7. The molecule has 0 aliphatic carbocycles. The first-order valence-electron chi connectivity index (χ1n) is 34.6. The number of hydrogen-bond acceptors (Lipinski definition) is 50. The number of aromatic nitrogens is 12. The van der Waals surface area contributed by atoms with E-state index in [-0.39, 0.29) is 204 Å². The third-order valence-corrected chi connectivity index (χ3v) is 12.7. The fourth-order valence-electron chi connectivity index (χ4n) is 7.84. The molecule has 12 heterocycles. The van der Waals surface area contributed by atoms with E-state index >= 15 is 0 Å². The van der Waals surface area contributed by atoms with Crippen molar-refractivity contribution in [2.45, 2.75) is 0 Å². The monoisotopic (exact) mass is 2380 g/mol. The molecule has 6 amide bonds. The van der Waals surface area contributed by atoms with Crippen LogP contribution in [-0.4, -0.2) is 186 Å². The van der Waals surface area contributed by atoms with Crippen LogP contribution in [0.25, 0.3) is 0 Å². The van der Waals surface area contributed by atoms with Crippen molar-refractivity contribution in [3.05, 3.63) is 417 Å². The number of rotatable bonds is 18. The summed E-state index contributed by atoms with van der Waals surface area (Å²) in [6.45, 7) is 0. The number of aliphatic hydroxyl groups excluding tert-OH is 2. The largest absolute Gasteiger partial charge is 2.00 e. The molecule has 6 radical (unpaired) electrons. The number of nitrogens with zero attached hydrogens (tertiary/aromatic N) is 18. The Balaban J connectivity index is -0.000000113. The van der Waals surface area contributed by atoms with Gasteiger partial charge in [-0.1, -0.05) is 36.4 Å². The van der Waals surface area contributed by atoms with E-state index in [1.165, 1.54) is 146 Å². The molecule has 0 aliphatic rings. The molecular weight excluding hydrogens is 2310 g/mol. The van der Waals surface area contributed by atoms with Gasteiger partial charge in [-0.3, -0.25) is 58.7 Å². The van der Waals surface area contributed by atoms with Gasteiger partial charge in [0, 0.05) is 51.4 Å². The number of carbonyl (C=O) groups is 12. The fraction of sp³-hybridized carbons (Fsp3) is 0.0270. The van der Waals surface area contributed by atoms with Gasteiger partial charge < -0.3 is 226 Å². The molecule has 0 saturated carbocycles. The van der Waals surface area contributed by atoms with Gasteiger partial charge in [-0.15, -0.1) is 0 Å². The Morgan fingerprint density at radius 2 is 0.291 bits per heavy atom. The van der Waals surface area contributed by atoms with Crippen LogP contribution in [-0.2, 0) is 135 Å². The first-order chi connectivity index (χ1) is 64.4. The minimum absolute atomic E-state index is 0. The molecule has 0 aromatic carbocycles. The molecule has 12 rings (SSSR count). The summed E-state index contributed by atoms with van der Waals surface area (Å²) in [5.74, 6) is -11.6. The van der Waals surface area contributed by atoms with Crippen LogP contribution in [0.2, 0.25) is 0 Å². The first kappa shape index (κ1) is 160. The second-order valence-electron chi connectivity index (χ2n) is 21.7. The van der Waals surface area contributed by atoms with Gasteiger partial charge in [0.15, 0.2) is 0 Å². The van der Waals surface area contributed by atoms with Crippen molar-refractivity contribution in [2.75, 3.05) is 46.1 Å². The minimum atomic E-state index is -1.75. The Morgan fingerprint density at radius 1 is 0.196 bits per heavy atom. The molecular formula is C74H74Cu6N24O44+6. The average molecular weight is 2380 g/mol. The van der Waals surface area contributed by atoms with Crippen LogP contribution >= 0.6 is 0 Å². The number of aliphatic hydroxyl groups is 2. The Hall–Kier alpha value is -18.6. The Labute approximate surface area is 886 Å². The predicted octanol–water partition coefficient (Wildman–Crippen LogP) is -7.21. The number of pyridine rings is 12. The summed E-state index contributed by atoms with van der Waals surface area (Å²) in [6.07, 6.45) is 18.3. The van der Waals surface area contributed by atoms with Crippen LogP contribution in [0.4, 0.5) is 34.1 Å². The molecule has 0 unspecified atom stereocenters. The Bertz CT molecular complexity index is 5010. The zero-order valence-corrected chi connectivity index (χ0v) is 78.8. The molecule has 0 fully saturated rings. The standard InChI is InChI=1S/6C12H9N3O3.2CH4O.6Cu.6NO3.6H2O/c6*16-11(14-8-3-2-6-13-7-8)9-4-1-5-10(15-9)12(17)18;2*1-2;;;;;;;6*2-1(3)4;;;;;;/h6*1-7H,(H,14,16)(H,17,18);2*2H,1H3;;;;;;;;;;;;;6*1H2/q;;;;;;;;6*+2;6*-1;;;;;;.